The van der Waals surface area contributed by atoms with Gasteiger partial charge in [0.1, 0.15) is 5.76 Å². The van der Waals surface area contributed by atoms with E-state index in [9.17, 15) is 0 Å². The van der Waals surface area contributed by atoms with Gasteiger partial charge >= 0.3 is 0 Å². The van der Waals surface area contributed by atoms with E-state index in [1.165, 1.54) is 0 Å². The molecule has 2 nitrogen and oxygen atoms in total. The van der Waals surface area contributed by atoms with E-state index >= 15 is 0 Å². The zero-order valence-corrected chi connectivity index (χ0v) is 11.9. The van der Waals surface area contributed by atoms with Crippen LogP contribution in [0.25, 0.3) is 0 Å². The molecule has 84 valence electrons. The Hall–Kier alpha value is -0.740. The Balaban J connectivity index is 2.17. The molecule has 2 rings (SSSR count). The molecule has 0 amide bonds. The first-order valence-corrected chi connectivity index (χ1v) is 6.50. The lowest BCUT2D eigenvalue weighted by Gasteiger charge is -2.14. The molecule has 1 unspecified atom stereocenters. The van der Waals surface area contributed by atoms with Gasteiger partial charge in [-0.05, 0) is 53.2 Å². The number of anilines is 1. The van der Waals surface area contributed by atoms with Gasteiger partial charge in [-0.2, -0.15) is 0 Å². The minimum absolute atomic E-state index is 0.139. The average molecular weight is 345 g/mol. The van der Waals surface area contributed by atoms with Gasteiger partial charge in [-0.3, -0.25) is 0 Å². The highest BCUT2D eigenvalue weighted by atomic mass is 79.9. The lowest BCUT2D eigenvalue weighted by Crippen LogP contribution is -2.05. The molecule has 2 aromatic rings. The van der Waals surface area contributed by atoms with Gasteiger partial charge in [-0.15, -0.1) is 0 Å². The van der Waals surface area contributed by atoms with Gasteiger partial charge in [0.05, 0.1) is 18.0 Å². The van der Waals surface area contributed by atoms with Gasteiger partial charge in [0.2, 0.25) is 0 Å². The van der Waals surface area contributed by atoms with Crippen LogP contribution in [0.1, 0.15) is 18.7 Å². The second-order valence-corrected chi connectivity index (χ2v) is 5.28. The van der Waals surface area contributed by atoms with Crippen molar-refractivity contribution >= 4 is 37.5 Å². The van der Waals surface area contributed by atoms with E-state index in [1.54, 1.807) is 6.26 Å². The van der Waals surface area contributed by atoms with Crippen molar-refractivity contribution < 1.29 is 4.42 Å². The maximum absolute atomic E-state index is 5.35. The summed E-state index contributed by atoms with van der Waals surface area (Å²) in [6, 6.07) is 10.0. The van der Waals surface area contributed by atoms with Crippen molar-refractivity contribution in [1.29, 1.82) is 0 Å². The van der Waals surface area contributed by atoms with Crippen LogP contribution in [0.2, 0.25) is 0 Å². The standard InChI is InChI=1S/C12H11Br2NO/c1-8(12-3-2-6-16-12)15-11-7-9(13)4-5-10(11)14/h2-8,15H,1H3. The number of benzene rings is 1. The number of halogens is 2. The first kappa shape index (κ1) is 11.7. The number of nitrogens with one attached hydrogen (secondary N) is 1. The van der Waals surface area contributed by atoms with Crippen LogP contribution in [-0.2, 0) is 0 Å². The molecule has 4 heteroatoms. The van der Waals surface area contributed by atoms with Crippen LogP contribution in [-0.4, -0.2) is 0 Å². The zero-order chi connectivity index (χ0) is 11.5. The van der Waals surface area contributed by atoms with Crippen molar-refractivity contribution in [1.82, 2.24) is 0 Å². The molecule has 16 heavy (non-hydrogen) atoms. The highest BCUT2D eigenvalue weighted by Gasteiger charge is 2.09. The lowest BCUT2D eigenvalue weighted by atomic mass is 10.2. The molecule has 0 saturated carbocycles. The summed E-state index contributed by atoms with van der Waals surface area (Å²) in [6.45, 7) is 2.06. The van der Waals surface area contributed by atoms with Crippen molar-refractivity contribution in [3.8, 4) is 0 Å². The van der Waals surface area contributed by atoms with Gasteiger partial charge in [-0.25, -0.2) is 0 Å². The average Bonchev–Trinajstić information content (AvgIpc) is 2.76. The zero-order valence-electron chi connectivity index (χ0n) is 8.71. The molecule has 1 heterocycles. The molecular formula is C12H11Br2NO. The van der Waals surface area contributed by atoms with E-state index in [0.29, 0.717) is 0 Å². The van der Waals surface area contributed by atoms with Crippen LogP contribution in [0.3, 0.4) is 0 Å². The van der Waals surface area contributed by atoms with Gasteiger partial charge < -0.3 is 9.73 Å². The Kier molecular flexibility index (Phi) is 3.71. The Morgan fingerprint density at radius 3 is 2.75 bits per heavy atom. The predicted molar refractivity (Wildman–Crippen MR) is 72.6 cm³/mol. The fraction of sp³-hybridized carbons (Fsp3) is 0.167. The Morgan fingerprint density at radius 1 is 1.25 bits per heavy atom. The molecular weight excluding hydrogens is 334 g/mol. The second-order valence-electron chi connectivity index (χ2n) is 3.51. The third-order valence-electron chi connectivity index (χ3n) is 2.27. The van der Waals surface area contributed by atoms with Gasteiger partial charge in [0.15, 0.2) is 0 Å². The van der Waals surface area contributed by atoms with Crippen molar-refractivity contribution in [3.63, 3.8) is 0 Å². The summed E-state index contributed by atoms with van der Waals surface area (Å²) in [5, 5.41) is 3.38. The number of hydrogen-bond donors (Lipinski definition) is 1. The molecule has 0 bridgehead atoms. The molecule has 0 aliphatic rings. The van der Waals surface area contributed by atoms with E-state index in [2.05, 4.69) is 44.1 Å². The quantitative estimate of drug-likeness (QED) is 0.849. The summed E-state index contributed by atoms with van der Waals surface area (Å²) in [6.07, 6.45) is 1.68. The van der Waals surface area contributed by atoms with Gasteiger partial charge in [0, 0.05) is 8.95 Å². The molecule has 0 aliphatic carbocycles. The normalized spacial score (nSPS) is 12.4. The number of rotatable bonds is 3. The smallest absolute Gasteiger partial charge is 0.125 e. The molecule has 1 aromatic heterocycles. The highest BCUT2D eigenvalue weighted by molar-refractivity contribution is 9.11. The molecule has 1 N–H and O–H groups in total. The van der Waals surface area contributed by atoms with Crippen LogP contribution in [0.4, 0.5) is 5.69 Å². The lowest BCUT2D eigenvalue weighted by molar-refractivity contribution is 0.490. The summed E-state index contributed by atoms with van der Waals surface area (Å²) in [5.41, 5.74) is 1.04. The molecule has 1 atom stereocenters. The van der Waals surface area contributed by atoms with E-state index in [1.807, 2.05) is 30.3 Å². The molecule has 0 aliphatic heterocycles. The minimum atomic E-state index is 0.139. The second kappa shape index (κ2) is 5.06. The van der Waals surface area contributed by atoms with Crippen LogP contribution < -0.4 is 5.32 Å². The SMILES string of the molecule is CC(Nc1cc(Br)ccc1Br)c1ccco1. The maximum Gasteiger partial charge on any atom is 0.125 e. The summed E-state index contributed by atoms with van der Waals surface area (Å²) < 4.78 is 7.43. The van der Waals surface area contributed by atoms with Gasteiger partial charge in [-0.1, -0.05) is 15.9 Å². The number of furan rings is 1. The van der Waals surface area contributed by atoms with Gasteiger partial charge in [0.25, 0.3) is 0 Å². The van der Waals surface area contributed by atoms with Crippen LogP contribution in [0.5, 0.6) is 0 Å². The first-order valence-electron chi connectivity index (χ1n) is 4.92. The van der Waals surface area contributed by atoms with Crippen LogP contribution in [0.15, 0.2) is 50.0 Å². The molecule has 0 saturated heterocycles. The van der Waals surface area contributed by atoms with E-state index in [-0.39, 0.29) is 6.04 Å². The monoisotopic (exact) mass is 343 g/mol. The summed E-state index contributed by atoms with van der Waals surface area (Å²) >= 11 is 6.96. The molecule has 1 aromatic carbocycles. The first-order chi connectivity index (χ1) is 7.66. The van der Waals surface area contributed by atoms with Crippen molar-refractivity contribution in [2.24, 2.45) is 0 Å². The summed E-state index contributed by atoms with van der Waals surface area (Å²) in [7, 11) is 0. The summed E-state index contributed by atoms with van der Waals surface area (Å²) in [5.74, 6) is 0.923. The highest BCUT2D eigenvalue weighted by Crippen LogP contribution is 2.29. The summed E-state index contributed by atoms with van der Waals surface area (Å²) in [4.78, 5) is 0. The van der Waals surface area contributed by atoms with Crippen molar-refractivity contribution in [2.75, 3.05) is 5.32 Å². The number of hydrogen-bond acceptors (Lipinski definition) is 2. The Bertz CT molecular complexity index is 468. The topological polar surface area (TPSA) is 25.2 Å². The van der Waals surface area contributed by atoms with Crippen LogP contribution in [0, 0.1) is 0 Å². The largest absolute Gasteiger partial charge is 0.467 e. The fourth-order valence-electron chi connectivity index (χ4n) is 1.45. The van der Waals surface area contributed by atoms with E-state index in [0.717, 1.165) is 20.4 Å². The molecule has 0 radical (unpaired) electrons. The fourth-order valence-corrected chi connectivity index (χ4v) is 2.17. The maximum atomic E-state index is 5.35. The Morgan fingerprint density at radius 2 is 2.06 bits per heavy atom. The van der Waals surface area contributed by atoms with Crippen molar-refractivity contribution in [2.45, 2.75) is 13.0 Å². The predicted octanol–water partition coefficient (Wildman–Crippen LogP) is 4.98. The third-order valence-corrected chi connectivity index (χ3v) is 3.46. The minimum Gasteiger partial charge on any atom is -0.467 e. The van der Waals surface area contributed by atoms with Crippen molar-refractivity contribution in [3.05, 3.63) is 51.3 Å². The van der Waals surface area contributed by atoms with E-state index in [4.69, 9.17) is 4.42 Å². The Labute approximate surface area is 111 Å². The van der Waals surface area contributed by atoms with E-state index < -0.39 is 0 Å². The molecule has 0 fully saturated rings. The van der Waals surface area contributed by atoms with Crippen LogP contribution >= 0.6 is 31.9 Å². The third kappa shape index (κ3) is 2.68. The molecule has 0 spiro atoms.